The summed E-state index contributed by atoms with van der Waals surface area (Å²) in [6.07, 6.45) is -2.19. The summed E-state index contributed by atoms with van der Waals surface area (Å²) < 4.78 is 0. The van der Waals surface area contributed by atoms with Gasteiger partial charge in [0.25, 0.3) is 0 Å². The molecule has 0 aromatic heterocycles. The third-order valence-corrected chi connectivity index (χ3v) is 1.81. The maximum absolute atomic E-state index is 10.4. The van der Waals surface area contributed by atoms with Crippen LogP contribution >= 0.6 is 0 Å². The van der Waals surface area contributed by atoms with Crippen LogP contribution in [0.1, 0.15) is 6.42 Å². The van der Waals surface area contributed by atoms with Gasteiger partial charge in [0.1, 0.15) is 6.04 Å². The first kappa shape index (κ1) is 8.79. The van der Waals surface area contributed by atoms with E-state index in [0.29, 0.717) is 0 Å². The minimum Gasteiger partial charge on any atom is -0.480 e. The van der Waals surface area contributed by atoms with Crippen molar-refractivity contribution in [2.45, 2.75) is 18.6 Å². The van der Waals surface area contributed by atoms with Gasteiger partial charge in [-0.3, -0.25) is 4.90 Å². The first-order valence-corrected chi connectivity index (χ1v) is 3.43. The fraction of sp³-hybridized carbons (Fsp3) is 0.667. The molecule has 0 bridgehead atoms. The van der Waals surface area contributed by atoms with E-state index in [-0.39, 0.29) is 13.0 Å². The lowest BCUT2D eigenvalue weighted by atomic mass is 10.2. The summed E-state index contributed by atoms with van der Waals surface area (Å²) in [4.78, 5) is 21.6. The highest BCUT2D eigenvalue weighted by molar-refractivity contribution is 5.80. The Morgan fingerprint density at radius 3 is 2.25 bits per heavy atom. The highest BCUT2D eigenvalue weighted by Gasteiger charge is 2.38. The number of carbonyl (C=O) groups is 2. The molecule has 0 radical (unpaired) electrons. The van der Waals surface area contributed by atoms with E-state index < -0.39 is 24.2 Å². The number of aliphatic carboxylic acids is 1. The van der Waals surface area contributed by atoms with E-state index in [1.807, 2.05) is 0 Å². The monoisotopic (exact) mass is 175 g/mol. The van der Waals surface area contributed by atoms with Crippen LogP contribution in [0.3, 0.4) is 0 Å². The second kappa shape index (κ2) is 2.98. The molecule has 3 N–H and O–H groups in total. The second-order valence-corrected chi connectivity index (χ2v) is 2.68. The molecule has 1 aliphatic rings. The number of β-amino-alcohol motifs (C(OH)–C–C–N with tert-alkyl or cyclic N) is 1. The number of carboxylic acid groups (broad SMARTS) is 2. The molecule has 6 nitrogen and oxygen atoms in total. The number of amides is 1. The van der Waals surface area contributed by atoms with Gasteiger partial charge in [0, 0.05) is 6.42 Å². The Morgan fingerprint density at radius 2 is 1.92 bits per heavy atom. The quantitative estimate of drug-likeness (QED) is 0.484. The van der Waals surface area contributed by atoms with Crippen molar-refractivity contribution in [3.63, 3.8) is 0 Å². The largest absolute Gasteiger partial charge is 0.480 e. The Morgan fingerprint density at radius 1 is 1.33 bits per heavy atom. The van der Waals surface area contributed by atoms with Crippen LogP contribution in [-0.4, -0.2) is 51.0 Å². The lowest BCUT2D eigenvalue weighted by Crippen LogP contribution is -2.39. The number of rotatable bonds is 1. The summed E-state index contributed by atoms with van der Waals surface area (Å²) in [5, 5.41) is 26.0. The summed E-state index contributed by atoms with van der Waals surface area (Å²) in [6, 6.07) is -1.10. The van der Waals surface area contributed by atoms with Gasteiger partial charge in [0.2, 0.25) is 0 Å². The van der Waals surface area contributed by atoms with Gasteiger partial charge >= 0.3 is 12.1 Å². The summed E-state index contributed by atoms with van der Waals surface area (Å²) in [5.41, 5.74) is 0. The maximum Gasteiger partial charge on any atom is 0.408 e. The fourth-order valence-electron chi connectivity index (χ4n) is 1.26. The number of nitrogens with zero attached hydrogens (tertiary/aromatic N) is 1. The third-order valence-electron chi connectivity index (χ3n) is 1.81. The molecule has 2 atom stereocenters. The topological polar surface area (TPSA) is 98.1 Å². The Labute approximate surface area is 68.0 Å². The Kier molecular flexibility index (Phi) is 2.18. The van der Waals surface area contributed by atoms with Crippen molar-refractivity contribution >= 4 is 12.1 Å². The number of hydrogen-bond donors (Lipinski definition) is 3. The zero-order valence-electron chi connectivity index (χ0n) is 6.17. The minimum absolute atomic E-state index is 0.0262. The Bertz CT molecular complexity index is 194. The van der Waals surface area contributed by atoms with Crippen LogP contribution in [0, 0.1) is 0 Å². The minimum atomic E-state index is -1.31. The lowest BCUT2D eigenvalue weighted by Gasteiger charge is -2.16. The van der Waals surface area contributed by atoms with Crippen LogP contribution < -0.4 is 0 Å². The molecule has 0 spiro atoms. The van der Waals surface area contributed by atoms with E-state index in [1.165, 1.54) is 0 Å². The molecule has 1 rings (SSSR count). The zero-order valence-corrected chi connectivity index (χ0v) is 6.17. The van der Waals surface area contributed by atoms with Crippen LogP contribution in [0.15, 0.2) is 0 Å². The average Bonchev–Trinajstić information content (AvgIpc) is 2.31. The van der Waals surface area contributed by atoms with Crippen LogP contribution in [0.4, 0.5) is 4.79 Å². The first-order valence-electron chi connectivity index (χ1n) is 3.43. The van der Waals surface area contributed by atoms with Crippen LogP contribution in [0.25, 0.3) is 0 Å². The van der Waals surface area contributed by atoms with E-state index in [0.717, 1.165) is 4.90 Å². The normalized spacial score (nSPS) is 28.9. The van der Waals surface area contributed by atoms with E-state index >= 15 is 0 Å². The zero-order chi connectivity index (χ0) is 9.30. The molecule has 1 aliphatic heterocycles. The van der Waals surface area contributed by atoms with Crippen LogP contribution in [0.5, 0.6) is 0 Å². The lowest BCUT2D eigenvalue weighted by molar-refractivity contribution is -0.141. The molecule has 1 saturated heterocycles. The number of hydrogen-bond acceptors (Lipinski definition) is 3. The van der Waals surface area contributed by atoms with E-state index in [9.17, 15) is 9.59 Å². The van der Waals surface area contributed by atoms with Gasteiger partial charge in [-0.25, -0.2) is 9.59 Å². The summed E-state index contributed by atoms with van der Waals surface area (Å²) in [6.45, 7) is -0.119. The van der Waals surface area contributed by atoms with Crippen molar-refractivity contribution in [1.29, 1.82) is 0 Å². The van der Waals surface area contributed by atoms with E-state index in [1.54, 1.807) is 0 Å². The molecule has 0 aliphatic carbocycles. The van der Waals surface area contributed by atoms with E-state index in [4.69, 9.17) is 15.3 Å². The third kappa shape index (κ3) is 1.48. The summed E-state index contributed by atoms with van der Waals surface area (Å²) in [7, 11) is 0. The second-order valence-electron chi connectivity index (χ2n) is 2.68. The molecule has 0 unspecified atom stereocenters. The first-order chi connectivity index (χ1) is 5.52. The summed E-state index contributed by atoms with van der Waals surface area (Å²) in [5.74, 6) is -1.21. The Balaban J connectivity index is 2.72. The van der Waals surface area contributed by atoms with E-state index in [2.05, 4.69) is 0 Å². The predicted molar refractivity (Wildman–Crippen MR) is 36.8 cm³/mol. The standard InChI is InChI=1S/C6H9NO5/c8-3-1-4(5(9)10)7(2-3)6(11)12/h3-4,8H,1-2H2,(H,9,10)(H,11,12)/t3-,4+/m0/s1. The fourth-order valence-corrected chi connectivity index (χ4v) is 1.26. The van der Waals surface area contributed by atoms with Crippen molar-refractivity contribution in [3.05, 3.63) is 0 Å². The molecule has 1 amide bonds. The van der Waals surface area contributed by atoms with Gasteiger partial charge in [-0.2, -0.15) is 0 Å². The smallest absolute Gasteiger partial charge is 0.408 e. The van der Waals surface area contributed by atoms with Gasteiger partial charge in [0.05, 0.1) is 12.6 Å². The maximum atomic E-state index is 10.4. The number of likely N-dealkylation sites (tertiary alicyclic amines) is 1. The van der Waals surface area contributed by atoms with Crippen molar-refractivity contribution in [2.24, 2.45) is 0 Å². The highest BCUT2D eigenvalue weighted by atomic mass is 16.4. The van der Waals surface area contributed by atoms with Crippen molar-refractivity contribution in [2.75, 3.05) is 6.54 Å². The molecule has 6 heteroatoms. The average molecular weight is 175 g/mol. The van der Waals surface area contributed by atoms with Gasteiger partial charge in [-0.1, -0.05) is 0 Å². The predicted octanol–water partition coefficient (Wildman–Crippen LogP) is -0.816. The molecule has 0 saturated carbocycles. The Hall–Kier alpha value is -1.30. The van der Waals surface area contributed by atoms with Gasteiger partial charge in [-0.15, -0.1) is 0 Å². The van der Waals surface area contributed by atoms with Gasteiger partial charge in [0.15, 0.2) is 0 Å². The van der Waals surface area contributed by atoms with Crippen LogP contribution in [0.2, 0.25) is 0 Å². The highest BCUT2D eigenvalue weighted by Crippen LogP contribution is 2.17. The summed E-state index contributed by atoms with van der Waals surface area (Å²) >= 11 is 0. The SMILES string of the molecule is O=C(O)[C@H]1C[C@H](O)CN1C(=O)O. The molecule has 0 aromatic rings. The molecule has 1 fully saturated rings. The van der Waals surface area contributed by atoms with Gasteiger partial charge in [-0.05, 0) is 0 Å². The molecular weight excluding hydrogens is 166 g/mol. The number of aliphatic hydroxyl groups is 1. The van der Waals surface area contributed by atoms with Crippen LogP contribution in [-0.2, 0) is 4.79 Å². The van der Waals surface area contributed by atoms with Gasteiger partial charge < -0.3 is 15.3 Å². The van der Waals surface area contributed by atoms with Crippen molar-refractivity contribution in [3.8, 4) is 0 Å². The number of carboxylic acids is 1. The molecule has 68 valence electrons. The molecule has 0 aromatic carbocycles. The molecule has 1 heterocycles. The number of aliphatic hydroxyl groups excluding tert-OH is 1. The molecular formula is C6H9NO5. The van der Waals surface area contributed by atoms with Crippen molar-refractivity contribution < 1.29 is 24.9 Å². The van der Waals surface area contributed by atoms with Crippen molar-refractivity contribution in [1.82, 2.24) is 4.90 Å². The molecule has 12 heavy (non-hydrogen) atoms.